The Kier molecular flexibility index (Phi) is 9.08. The summed E-state index contributed by atoms with van der Waals surface area (Å²) in [5, 5.41) is 15.8. The Morgan fingerprint density at radius 2 is 1.93 bits per heavy atom. The summed E-state index contributed by atoms with van der Waals surface area (Å²) < 4.78 is 0. The van der Waals surface area contributed by atoms with Gasteiger partial charge in [0.1, 0.15) is 0 Å². The van der Waals surface area contributed by atoms with Crippen LogP contribution in [0.4, 0.5) is 5.69 Å². The normalized spacial score (nSPS) is 16.6. The van der Waals surface area contributed by atoms with E-state index in [1.165, 1.54) is 12.1 Å². The van der Waals surface area contributed by atoms with Crippen LogP contribution in [-0.4, -0.2) is 31.6 Å². The van der Waals surface area contributed by atoms with E-state index in [1.54, 1.807) is 0 Å². The van der Waals surface area contributed by atoms with Crippen molar-refractivity contribution >= 4 is 35.6 Å². The summed E-state index contributed by atoms with van der Waals surface area (Å²) in [5.41, 5.74) is 3.06. The van der Waals surface area contributed by atoms with Crippen molar-refractivity contribution in [3.8, 4) is 6.07 Å². The second kappa shape index (κ2) is 11.5. The monoisotopic (exact) mass is 489 g/mol. The number of para-hydroxylation sites is 1. The molecule has 0 aliphatic carbocycles. The number of benzene rings is 2. The summed E-state index contributed by atoms with van der Waals surface area (Å²) in [6.07, 6.45) is 2.31. The molecule has 0 radical (unpaired) electrons. The highest BCUT2D eigenvalue weighted by Crippen LogP contribution is 2.19. The van der Waals surface area contributed by atoms with Gasteiger partial charge in [-0.3, -0.25) is 0 Å². The van der Waals surface area contributed by atoms with E-state index in [0.29, 0.717) is 18.2 Å². The molecule has 0 bridgehead atoms. The molecule has 1 aliphatic rings. The highest BCUT2D eigenvalue weighted by molar-refractivity contribution is 14.0. The largest absolute Gasteiger partial charge is 0.369 e. The van der Waals surface area contributed by atoms with Gasteiger partial charge in [0.25, 0.3) is 0 Å². The second-order valence-electron chi connectivity index (χ2n) is 6.77. The molecule has 6 heteroatoms. The van der Waals surface area contributed by atoms with Gasteiger partial charge in [-0.1, -0.05) is 30.3 Å². The topological polar surface area (TPSA) is 63.5 Å². The maximum atomic E-state index is 8.90. The van der Waals surface area contributed by atoms with Crippen LogP contribution < -0.4 is 15.5 Å². The lowest BCUT2D eigenvalue weighted by atomic mass is 10.1. The van der Waals surface area contributed by atoms with E-state index in [0.717, 1.165) is 37.6 Å². The molecule has 3 rings (SSSR count). The van der Waals surface area contributed by atoms with Gasteiger partial charge in [0, 0.05) is 31.4 Å². The van der Waals surface area contributed by atoms with Gasteiger partial charge in [-0.2, -0.15) is 5.26 Å². The lowest BCUT2D eigenvalue weighted by Gasteiger charge is -2.35. The van der Waals surface area contributed by atoms with Crippen LogP contribution >= 0.6 is 24.0 Å². The summed E-state index contributed by atoms with van der Waals surface area (Å²) in [4.78, 5) is 7.16. The average molecular weight is 489 g/mol. The number of anilines is 1. The van der Waals surface area contributed by atoms with Crippen LogP contribution in [0.5, 0.6) is 0 Å². The van der Waals surface area contributed by atoms with Gasteiger partial charge in [0.2, 0.25) is 0 Å². The molecule has 1 unspecified atom stereocenters. The number of nitrogens with one attached hydrogen (secondary N) is 2. The van der Waals surface area contributed by atoms with Crippen molar-refractivity contribution in [2.75, 3.05) is 24.5 Å². The van der Waals surface area contributed by atoms with Crippen LogP contribution in [0, 0.1) is 11.3 Å². The fourth-order valence-electron chi connectivity index (χ4n) is 3.34. The number of halogens is 1. The first-order valence-corrected chi connectivity index (χ1v) is 9.62. The summed E-state index contributed by atoms with van der Waals surface area (Å²) in [6, 6.07) is 20.7. The number of hydrogen-bond donors (Lipinski definition) is 2. The number of guanidine groups is 1. The maximum absolute atomic E-state index is 8.90. The molecule has 1 atom stereocenters. The van der Waals surface area contributed by atoms with E-state index < -0.39 is 0 Å². The number of nitriles is 1. The van der Waals surface area contributed by atoms with E-state index in [-0.39, 0.29) is 24.0 Å². The zero-order valence-corrected chi connectivity index (χ0v) is 18.6. The first kappa shape index (κ1) is 22.0. The first-order valence-electron chi connectivity index (χ1n) is 9.62. The minimum atomic E-state index is 0. The van der Waals surface area contributed by atoms with Gasteiger partial charge in [0.05, 0.1) is 18.2 Å². The number of nitrogens with zero attached hydrogens (tertiary/aromatic N) is 3. The Hall–Kier alpha value is -2.27. The van der Waals surface area contributed by atoms with Crippen molar-refractivity contribution in [3.05, 3.63) is 65.7 Å². The van der Waals surface area contributed by atoms with E-state index in [2.05, 4.69) is 58.9 Å². The van der Waals surface area contributed by atoms with Gasteiger partial charge in [-0.25, -0.2) is 4.99 Å². The maximum Gasteiger partial charge on any atom is 0.191 e. The minimum Gasteiger partial charge on any atom is -0.369 e. The Balaban J connectivity index is 0.00000280. The average Bonchev–Trinajstić information content (AvgIpc) is 2.73. The van der Waals surface area contributed by atoms with Crippen molar-refractivity contribution in [2.24, 2.45) is 4.99 Å². The van der Waals surface area contributed by atoms with Crippen molar-refractivity contribution < 1.29 is 0 Å². The van der Waals surface area contributed by atoms with Gasteiger partial charge < -0.3 is 15.5 Å². The molecule has 5 nitrogen and oxygen atoms in total. The molecule has 28 heavy (non-hydrogen) atoms. The Bertz CT molecular complexity index is 783. The molecule has 1 fully saturated rings. The number of piperidine rings is 1. The van der Waals surface area contributed by atoms with Gasteiger partial charge in [-0.05, 0) is 49.6 Å². The summed E-state index contributed by atoms with van der Waals surface area (Å²) in [5.74, 6) is 0.849. The van der Waals surface area contributed by atoms with Gasteiger partial charge in [-0.15, -0.1) is 24.0 Å². The van der Waals surface area contributed by atoms with Crippen LogP contribution in [0.2, 0.25) is 0 Å². The third-order valence-corrected chi connectivity index (χ3v) is 4.73. The van der Waals surface area contributed by atoms with E-state index in [9.17, 15) is 0 Å². The van der Waals surface area contributed by atoms with Crippen LogP contribution in [-0.2, 0) is 6.54 Å². The van der Waals surface area contributed by atoms with Crippen molar-refractivity contribution in [1.29, 1.82) is 5.26 Å². The van der Waals surface area contributed by atoms with Crippen LogP contribution in [0.25, 0.3) is 0 Å². The zero-order valence-electron chi connectivity index (χ0n) is 16.3. The quantitative estimate of drug-likeness (QED) is 0.380. The lowest BCUT2D eigenvalue weighted by molar-refractivity contribution is 0.468. The van der Waals surface area contributed by atoms with Crippen molar-refractivity contribution in [2.45, 2.75) is 32.4 Å². The molecule has 0 aromatic heterocycles. The van der Waals surface area contributed by atoms with E-state index in [4.69, 9.17) is 10.3 Å². The smallest absolute Gasteiger partial charge is 0.191 e. The second-order valence-corrected chi connectivity index (χ2v) is 6.77. The summed E-state index contributed by atoms with van der Waals surface area (Å²) >= 11 is 0. The molecule has 1 aliphatic heterocycles. The fraction of sp³-hybridized carbons (Fsp3) is 0.364. The summed E-state index contributed by atoms with van der Waals surface area (Å²) in [6.45, 7) is 5.58. The summed E-state index contributed by atoms with van der Waals surface area (Å²) in [7, 11) is 0. The molecular weight excluding hydrogens is 461 g/mol. The SMILES string of the molecule is CCNC(=NCc1ccc(C#N)cc1)NC1CCCN(c2ccccc2)C1.I. The zero-order chi connectivity index (χ0) is 18.9. The standard InChI is InChI=1S/C22H27N5.HI/c1-2-24-22(25-16-19-12-10-18(15-23)11-13-19)26-20-7-6-14-27(17-20)21-8-4-3-5-9-21;/h3-5,8-13,20H,2,6-7,14,16-17H2,1H3,(H2,24,25,26);1H. The van der Waals surface area contributed by atoms with Crippen LogP contribution in [0.1, 0.15) is 30.9 Å². The van der Waals surface area contributed by atoms with Crippen LogP contribution in [0.15, 0.2) is 59.6 Å². The number of rotatable bonds is 5. The number of hydrogen-bond acceptors (Lipinski definition) is 3. The molecule has 2 N–H and O–H groups in total. The van der Waals surface area contributed by atoms with E-state index >= 15 is 0 Å². The Morgan fingerprint density at radius 1 is 1.18 bits per heavy atom. The van der Waals surface area contributed by atoms with Crippen molar-refractivity contribution in [3.63, 3.8) is 0 Å². The number of aliphatic imine (C=N–C) groups is 1. The predicted octanol–water partition coefficient (Wildman–Crippen LogP) is 3.90. The third-order valence-electron chi connectivity index (χ3n) is 4.73. The van der Waals surface area contributed by atoms with Gasteiger partial charge in [0.15, 0.2) is 5.96 Å². The Morgan fingerprint density at radius 3 is 2.61 bits per heavy atom. The lowest BCUT2D eigenvalue weighted by Crippen LogP contribution is -2.51. The highest BCUT2D eigenvalue weighted by Gasteiger charge is 2.20. The fourth-order valence-corrected chi connectivity index (χ4v) is 3.34. The van der Waals surface area contributed by atoms with E-state index in [1.807, 2.05) is 24.3 Å². The van der Waals surface area contributed by atoms with Gasteiger partial charge >= 0.3 is 0 Å². The van der Waals surface area contributed by atoms with Crippen LogP contribution in [0.3, 0.4) is 0 Å². The Labute approximate surface area is 184 Å². The third kappa shape index (κ3) is 6.41. The highest BCUT2D eigenvalue weighted by atomic mass is 127. The first-order chi connectivity index (χ1) is 13.3. The molecule has 1 heterocycles. The molecule has 148 valence electrons. The molecule has 1 saturated heterocycles. The molecule has 0 amide bonds. The predicted molar refractivity (Wildman–Crippen MR) is 126 cm³/mol. The van der Waals surface area contributed by atoms with Crippen molar-refractivity contribution in [1.82, 2.24) is 10.6 Å². The molecular formula is C22H28IN5. The minimum absolute atomic E-state index is 0. The molecule has 2 aromatic rings. The molecule has 0 spiro atoms. The molecule has 0 saturated carbocycles. The molecule has 2 aromatic carbocycles.